The Labute approximate surface area is 128 Å². The minimum atomic E-state index is -3.82. The van der Waals surface area contributed by atoms with Crippen LogP contribution in [0.15, 0.2) is 12.2 Å². The maximum atomic E-state index is 10.4. The predicted molar refractivity (Wildman–Crippen MR) is 75.3 cm³/mol. The van der Waals surface area contributed by atoms with E-state index in [9.17, 15) is 8.42 Å². The Morgan fingerprint density at radius 2 is 1.47 bits per heavy atom. The van der Waals surface area contributed by atoms with E-state index in [-0.39, 0.29) is 35.3 Å². The number of allylic oxidation sites excluding steroid dienone is 1. The Kier molecular flexibility index (Phi) is 15.4. The van der Waals surface area contributed by atoms with Crippen LogP contribution in [0.25, 0.3) is 0 Å². The fourth-order valence-corrected chi connectivity index (χ4v) is 1.91. The van der Waals surface area contributed by atoms with E-state index in [1.54, 1.807) is 0 Å². The third-order valence-corrected chi connectivity index (χ3v) is 3.06. The molecular formula is C12H25NaO3S. The van der Waals surface area contributed by atoms with Crippen molar-refractivity contribution in [2.45, 2.75) is 58.3 Å². The molecule has 0 amide bonds. The van der Waals surface area contributed by atoms with Crippen LogP contribution in [0.3, 0.4) is 0 Å². The van der Waals surface area contributed by atoms with Gasteiger partial charge in [-0.2, -0.15) is 8.42 Å². The molecule has 0 atom stereocenters. The van der Waals surface area contributed by atoms with Gasteiger partial charge in [-0.05, 0) is 12.8 Å². The summed E-state index contributed by atoms with van der Waals surface area (Å²) in [6.07, 6.45) is 13.1. The summed E-state index contributed by atoms with van der Waals surface area (Å²) >= 11 is 0. The summed E-state index contributed by atoms with van der Waals surface area (Å²) < 4.78 is 29.2. The van der Waals surface area contributed by atoms with E-state index in [2.05, 4.69) is 6.92 Å². The molecular weight excluding hydrogens is 247 g/mol. The van der Waals surface area contributed by atoms with Crippen LogP contribution in [0.5, 0.6) is 0 Å². The molecule has 0 aliphatic carbocycles. The van der Waals surface area contributed by atoms with E-state index >= 15 is 0 Å². The summed E-state index contributed by atoms with van der Waals surface area (Å²) in [5.74, 6) is -0.260. The van der Waals surface area contributed by atoms with Crippen LogP contribution in [0.1, 0.15) is 58.3 Å². The second-order valence-corrected chi connectivity index (χ2v) is 5.63. The molecule has 0 aliphatic heterocycles. The van der Waals surface area contributed by atoms with Crippen LogP contribution in [0, 0.1) is 0 Å². The molecule has 0 saturated carbocycles. The minimum absolute atomic E-state index is 0. The molecule has 0 bridgehead atoms. The van der Waals surface area contributed by atoms with Crippen molar-refractivity contribution in [2.75, 3.05) is 5.75 Å². The van der Waals surface area contributed by atoms with Crippen LogP contribution < -0.4 is 0 Å². The number of hydrogen-bond acceptors (Lipinski definition) is 2. The van der Waals surface area contributed by atoms with Gasteiger partial charge in [0.25, 0.3) is 10.1 Å². The zero-order valence-corrected chi connectivity index (χ0v) is 11.0. The van der Waals surface area contributed by atoms with E-state index in [0.717, 1.165) is 12.8 Å². The maximum absolute atomic E-state index is 10.4. The molecule has 0 unspecified atom stereocenters. The number of rotatable bonds is 10. The van der Waals surface area contributed by atoms with Gasteiger partial charge in [0, 0.05) is 0 Å². The average molecular weight is 272 g/mol. The second-order valence-electron chi connectivity index (χ2n) is 4.13. The first-order valence-corrected chi connectivity index (χ1v) is 7.77. The van der Waals surface area contributed by atoms with Gasteiger partial charge in [-0.25, -0.2) is 0 Å². The van der Waals surface area contributed by atoms with Gasteiger partial charge in [0.15, 0.2) is 0 Å². The normalized spacial score (nSPS) is 11.6. The third-order valence-electron chi connectivity index (χ3n) is 2.45. The van der Waals surface area contributed by atoms with Crippen LogP contribution in [-0.4, -0.2) is 48.3 Å². The monoisotopic (exact) mass is 272 g/mol. The Hall–Kier alpha value is 0.650. The summed E-state index contributed by atoms with van der Waals surface area (Å²) in [6, 6.07) is 0. The zero-order chi connectivity index (χ0) is 12.3. The van der Waals surface area contributed by atoms with Crippen LogP contribution in [0.4, 0.5) is 0 Å². The second kappa shape index (κ2) is 13.1. The van der Waals surface area contributed by atoms with Gasteiger partial charge in [0.05, 0.1) is 5.75 Å². The van der Waals surface area contributed by atoms with E-state index in [1.165, 1.54) is 44.6 Å². The van der Waals surface area contributed by atoms with Crippen molar-refractivity contribution in [3.05, 3.63) is 12.2 Å². The fourth-order valence-electron chi connectivity index (χ4n) is 1.53. The third kappa shape index (κ3) is 19.2. The Morgan fingerprint density at radius 3 is 2.00 bits per heavy atom. The van der Waals surface area contributed by atoms with Crippen LogP contribution in [0.2, 0.25) is 0 Å². The van der Waals surface area contributed by atoms with E-state index < -0.39 is 10.1 Å². The summed E-state index contributed by atoms with van der Waals surface area (Å²) in [7, 11) is -3.82. The van der Waals surface area contributed by atoms with Crippen molar-refractivity contribution in [3.63, 3.8) is 0 Å². The van der Waals surface area contributed by atoms with Crippen molar-refractivity contribution in [2.24, 2.45) is 0 Å². The quantitative estimate of drug-likeness (QED) is 0.288. The molecule has 0 aromatic rings. The molecule has 0 fully saturated rings. The van der Waals surface area contributed by atoms with Gasteiger partial charge in [-0.1, -0.05) is 57.6 Å². The summed E-state index contributed by atoms with van der Waals surface area (Å²) in [5, 5.41) is 0. The van der Waals surface area contributed by atoms with Gasteiger partial charge in [-0.15, -0.1) is 0 Å². The molecule has 5 heteroatoms. The van der Waals surface area contributed by atoms with Crippen molar-refractivity contribution < 1.29 is 13.0 Å². The molecule has 3 nitrogen and oxygen atoms in total. The van der Waals surface area contributed by atoms with Crippen LogP contribution >= 0.6 is 0 Å². The first-order chi connectivity index (χ1) is 7.56. The Balaban J connectivity index is 0. The number of unbranched alkanes of at least 4 members (excludes halogenated alkanes) is 7. The van der Waals surface area contributed by atoms with Gasteiger partial charge < -0.3 is 0 Å². The van der Waals surface area contributed by atoms with E-state index in [1.807, 2.05) is 6.08 Å². The van der Waals surface area contributed by atoms with Crippen molar-refractivity contribution in [3.8, 4) is 0 Å². The summed E-state index contributed by atoms with van der Waals surface area (Å²) in [5.41, 5.74) is 0. The molecule has 1 N–H and O–H groups in total. The Bertz CT molecular complexity index is 273. The summed E-state index contributed by atoms with van der Waals surface area (Å²) in [6.45, 7) is 2.21. The molecule has 0 aromatic heterocycles. The van der Waals surface area contributed by atoms with E-state index in [0.29, 0.717) is 0 Å². The molecule has 0 rings (SSSR count). The fraction of sp³-hybridized carbons (Fsp3) is 0.833. The molecule has 17 heavy (non-hydrogen) atoms. The molecule has 0 saturated heterocycles. The molecule has 0 aliphatic rings. The SMILES string of the molecule is CCCCCCCCCC=CCS(=O)(=O)O.[NaH]. The van der Waals surface area contributed by atoms with Crippen molar-refractivity contribution in [1.82, 2.24) is 0 Å². The molecule has 0 radical (unpaired) electrons. The standard InChI is InChI=1S/C12H24O3S.Na.H/c1-2-3-4-5-6-7-8-9-10-11-12-16(13,14)15;;/h10-11H,2-9,12H2,1H3,(H,13,14,15);;. The summed E-state index contributed by atoms with van der Waals surface area (Å²) in [4.78, 5) is 0. The number of hydrogen-bond donors (Lipinski definition) is 1. The Morgan fingerprint density at radius 1 is 0.941 bits per heavy atom. The first-order valence-electron chi connectivity index (χ1n) is 6.16. The average Bonchev–Trinajstić information content (AvgIpc) is 2.19. The molecule has 0 heterocycles. The van der Waals surface area contributed by atoms with Crippen molar-refractivity contribution >= 4 is 39.7 Å². The van der Waals surface area contributed by atoms with Crippen molar-refractivity contribution in [1.29, 1.82) is 0 Å². The zero-order valence-electron chi connectivity index (χ0n) is 10.2. The van der Waals surface area contributed by atoms with Crippen LogP contribution in [-0.2, 0) is 10.1 Å². The topological polar surface area (TPSA) is 54.4 Å². The molecule has 0 aromatic carbocycles. The van der Waals surface area contributed by atoms with Gasteiger partial charge >= 0.3 is 29.6 Å². The predicted octanol–water partition coefficient (Wildman–Crippen LogP) is 2.92. The first kappa shape index (κ1) is 20.0. The van der Waals surface area contributed by atoms with Gasteiger partial charge in [0.2, 0.25) is 0 Å². The van der Waals surface area contributed by atoms with Gasteiger partial charge in [0.1, 0.15) is 0 Å². The molecule has 0 spiro atoms. The van der Waals surface area contributed by atoms with Gasteiger partial charge in [-0.3, -0.25) is 4.55 Å². The van der Waals surface area contributed by atoms with E-state index in [4.69, 9.17) is 4.55 Å². The molecule has 98 valence electrons.